The number of ether oxygens (including phenoxy) is 2. The molecule has 0 radical (unpaired) electrons. The van der Waals surface area contributed by atoms with Crippen LogP contribution < -0.4 is 0 Å². The van der Waals surface area contributed by atoms with Gasteiger partial charge in [0.15, 0.2) is 12.4 Å². The molecule has 0 aliphatic carbocycles. The summed E-state index contributed by atoms with van der Waals surface area (Å²) in [6.45, 7) is 4.32. The first-order valence-electron chi connectivity index (χ1n) is 7.30. The van der Waals surface area contributed by atoms with Gasteiger partial charge in [-0.3, -0.25) is 8.98 Å². The maximum absolute atomic E-state index is 12.4. The molecule has 8 nitrogen and oxygen atoms in total. The minimum atomic E-state index is -4.24. The first kappa shape index (κ1) is 18.8. The molecule has 1 saturated heterocycles. The number of aliphatic hydroxyl groups excluding tert-OH is 2. The van der Waals surface area contributed by atoms with E-state index in [1.54, 1.807) is 19.1 Å². The summed E-state index contributed by atoms with van der Waals surface area (Å²) in [5.41, 5.74) is 0.863. The van der Waals surface area contributed by atoms with Gasteiger partial charge in [-0.05, 0) is 26.0 Å². The van der Waals surface area contributed by atoms with E-state index >= 15 is 0 Å². The van der Waals surface area contributed by atoms with Gasteiger partial charge in [0.05, 0.1) is 11.0 Å². The van der Waals surface area contributed by atoms with Crippen LogP contribution in [0.15, 0.2) is 29.2 Å². The van der Waals surface area contributed by atoms with E-state index in [1.807, 2.05) is 0 Å². The third-order valence-electron chi connectivity index (χ3n) is 3.63. The van der Waals surface area contributed by atoms with Gasteiger partial charge in [0.25, 0.3) is 10.1 Å². The third kappa shape index (κ3) is 4.11. The van der Waals surface area contributed by atoms with E-state index in [1.165, 1.54) is 19.1 Å². The van der Waals surface area contributed by atoms with Crippen molar-refractivity contribution >= 4 is 16.1 Å². The van der Waals surface area contributed by atoms with E-state index in [0.717, 1.165) is 12.5 Å². The molecule has 1 aromatic rings. The second kappa shape index (κ2) is 7.16. The Morgan fingerprint density at radius 3 is 2.29 bits per heavy atom. The molecule has 9 heteroatoms. The molecule has 2 rings (SSSR count). The highest BCUT2D eigenvalue weighted by molar-refractivity contribution is 7.86. The average Bonchev–Trinajstić information content (AvgIpc) is 2.48. The number of rotatable bonds is 4. The van der Waals surface area contributed by atoms with Crippen molar-refractivity contribution in [3.05, 3.63) is 29.8 Å². The predicted octanol–water partition coefficient (Wildman–Crippen LogP) is 0.0986. The summed E-state index contributed by atoms with van der Waals surface area (Å²) < 4.78 is 39.8. The molecular formula is C15H20O8S. The van der Waals surface area contributed by atoms with Crippen LogP contribution in [0.1, 0.15) is 19.4 Å². The van der Waals surface area contributed by atoms with Crippen molar-refractivity contribution < 1.29 is 37.1 Å². The Morgan fingerprint density at radius 2 is 1.75 bits per heavy atom. The van der Waals surface area contributed by atoms with E-state index in [-0.39, 0.29) is 4.90 Å². The standard InChI is InChI=1S/C15H20O8S/c1-8-4-6-11(7-5-8)24(19,20)23-13-12(17)9(2)21-15(18)14(13)22-10(3)16/h4-7,9,12-15,17-18H,1-3H3. The zero-order valence-corrected chi connectivity index (χ0v) is 14.3. The minimum Gasteiger partial charge on any atom is -0.454 e. The molecule has 134 valence electrons. The Hall–Kier alpha value is -1.52. The summed E-state index contributed by atoms with van der Waals surface area (Å²) in [7, 11) is -4.24. The van der Waals surface area contributed by atoms with E-state index in [4.69, 9.17) is 13.7 Å². The van der Waals surface area contributed by atoms with Crippen LogP contribution in [-0.2, 0) is 28.6 Å². The lowest BCUT2D eigenvalue weighted by Crippen LogP contribution is -2.59. The molecule has 1 aliphatic rings. The van der Waals surface area contributed by atoms with Crippen LogP contribution in [0.4, 0.5) is 0 Å². The number of esters is 1. The molecular weight excluding hydrogens is 340 g/mol. The summed E-state index contributed by atoms with van der Waals surface area (Å²) in [6, 6.07) is 5.91. The van der Waals surface area contributed by atoms with Crippen LogP contribution in [0.2, 0.25) is 0 Å². The molecule has 1 aromatic carbocycles. The summed E-state index contributed by atoms with van der Waals surface area (Å²) >= 11 is 0. The van der Waals surface area contributed by atoms with Crippen LogP contribution in [0.3, 0.4) is 0 Å². The van der Waals surface area contributed by atoms with Gasteiger partial charge in [-0.15, -0.1) is 0 Å². The van der Waals surface area contributed by atoms with Crippen LogP contribution in [0.25, 0.3) is 0 Å². The zero-order chi connectivity index (χ0) is 18.1. The largest absolute Gasteiger partial charge is 0.454 e. The summed E-state index contributed by atoms with van der Waals surface area (Å²) in [5, 5.41) is 20.1. The first-order chi connectivity index (χ1) is 11.1. The molecule has 2 N–H and O–H groups in total. The lowest BCUT2D eigenvalue weighted by atomic mass is 10.00. The smallest absolute Gasteiger partial charge is 0.303 e. The van der Waals surface area contributed by atoms with Crippen molar-refractivity contribution in [2.75, 3.05) is 0 Å². The Kier molecular flexibility index (Phi) is 5.61. The van der Waals surface area contributed by atoms with Crippen molar-refractivity contribution in [1.82, 2.24) is 0 Å². The lowest BCUT2D eigenvalue weighted by Gasteiger charge is -2.40. The average molecular weight is 360 g/mol. The van der Waals surface area contributed by atoms with Gasteiger partial charge >= 0.3 is 5.97 Å². The van der Waals surface area contributed by atoms with Crippen molar-refractivity contribution in [3.63, 3.8) is 0 Å². The second-order valence-electron chi connectivity index (χ2n) is 5.62. The van der Waals surface area contributed by atoms with Crippen LogP contribution in [-0.4, -0.2) is 55.3 Å². The summed E-state index contributed by atoms with van der Waals surface area (Å²) in [4.78, 5) is 11.1. The van der Waals surface area contributed by atoms with Gasteiger partial charge in [0.1, 0.15) is 12.2 Å². The molecule has 0 spiro atoms. The van der Waals surface area contributed by atoms with Gasteiger partial charge in [-0.2, -0.15) is 8.42 Å². The van der Waals surface area contributed by atoms with Gasteiger partial charge in [0.2, 0.25) is 0 Å². The van der Waals surface area contributed by atoms with Crippen LogP contribution in [0.5, 0.6) is 0 Å². The summed E-state index contributed by atoms with van der Waals surface area (Å²) in [6.07, 6.45) is -6.93. The number of benzene rings is 1. The lowest BCUT2D eigenvalue weighted by molar-refractivity contribution is -0.277. The summed E-state index contributed by atoms with van der Waals surface area (Å²) in [5.74, 6) is -0.772. The molecule has 0 amide bonds. The second-order valence-corrected chi connectivity index (χ2v) is 7.20. The van der Waals surface area contributed by atoms with Crippen molar-refractivity contribution in [1.29, 1.82) is 0 Å². The van der Waals surface area contributed by atoms with Crippen molar-refractivity contribution in [2.45, 2.75) is 56.4 Å². The molecule has 1 aliphatic heterocycles. The number of carbonyl (C=O) groups is 1. The number of aryl methyl sites for hydroxylation is 1. The van der Waals surface area contributed by atoms with Gasteiger partial charge in [-0.25, -0.2) is 0 Å². The zero-order valence-electron chi connectivity index (χ0n) is 13.4. The highest BCUT2D eigenvalue weighted by Crippen LogP contribution is 2.28. The number of aliphatic hydroxyl groups is 2. The Morgan fingerprint density at radius 1 is 1.17 bits per heavy atom. The van der Waals surface area contributed by atoms with Gasteiger partial charge < -0.3 is 19.7 Å². The topological polar surface area (TPSA) is 119 Å². The Balaban J connectivity index is 2.30. The monoisotopic (exact) mass is 360 g/mol. The van der Waals surface area contributed by atoms with E-state index in [0.29, 0.717) is 0 Å². The molecule has 1 heterocycles. The first-order valence-corrected chi connectivity index (χ1v) is 8.71. The highest BCUT2D eigenvalue weighted by Gasteiger charge is 2.48. The number of hydrogen-bond acceptors (Lipinski definition) is 8. The van der Waals surface area contributed by atoms with E-state index in [9.17, 15) is 23.4 Å². The van der Waals surface area contributed by atoms with Gasteiger partial charge in [-0.1, -0.05) is 17.7 Å². The molecule has 0 aromatic heterocycles. The predicted molar refractivity (Wildman–Crippen MR) is 81.4 cm³/mol. The quantitative estimate of drug-likeness (QED) is 0.573. The van der Waals surface area contributed by atoms with Crippen molar-refractivity contribution in [2.24, 2.45) is 0 Å². The normalized spacial score (nSPS) is 30.8. The van der Waals surface area contributed by atoms with E-state index < -0.39 is 46.8 Å². The Bertz CT molecular complexity index is 684. The fourth-order valence-corrected chi connectivity index (χ4v) is 3.43. The maximum atomic E-state index is 12.4. The number of hydrogen-bond donors (Lipinski definition) is 2. The molecule has 0 bridgehead atoms. The van der Waals surface area contributed by atoms with Crippen molar-refractivity contribution in [3.8, 4) is 0 Å². The fraction of sp³-hybridized carbons (Fsp3) is 0.533. The van der Waals surface area contributed by atoms with Crippen LogP contribution >= 0.6 is 0 Å². The molecule has 24 heavy (non-hydrogen) atoms. The Labute approximate surface area is 140 Å². The van der Waals surface area contributed by atoms with Crippen LogP contribution in [0, 0.1) is 6.92 Å². The fourth-order valence-electron chi connectivity index (χ4n) is 2.34. The molecule has 5 atom stereocenters. The molecule has 0 saturated carbocycles. The SMILES string of the molecule is CC(=O)OC1C(O)OC(C)C(O)C1OS(=O)(=O)c1ccc(C)cc1. The molecule has 5 unspecified atom stereocenters. The maximum Gasteiger partial charge on any atom is 0.303 e. The molecule has 1 fully saturated rings. The minimum absolute atomic E-state index is 0.115. The highest BCUT2D eigenvalue weighted by atomic mass is 32.2. The number of carbonyl (C=O) groups excluding carboxylic acids is 1. The van der Waals surface area contributed by atoms with Gasteiger partial charge in [0, 0.05) is 6.92 Å². The van der Waals surface area contributed by atoms with E-state index in [2.05, 4.69) is 0 Å². The third-order valence-corrected chi connectivity index (χ3v) is 4.95.